The predicted molar refractivity (Wildman–Crippen MR) is 74.1 cm³/mol. The predicted octanol–water partition coefficient (Wildman–Crippen LogP) is 2.79. The molecule has 1 N–H and O–H groups in total. The number of hydrogen-bond acceptors (Lipinski definition) is 4. The Bertz CT molecular complexity index is 465. The molecule has 0 spiro atoms. The van der Waals surface area contributed by atoms with Crippen LogP contribution in [-0.2, 0) is 13.0 Å². The molecule has 2 rings (SSSR count). The lowest BCUT2D eigenvalue weighted by atomic mass is 10.1. The lowest BCUT2D eigenvalue weighted by molar-refractivity contribution is 0.362. The van der Waals surface area contributed by atoms with Crippen molar-refractivity contribution in [3.63, 3.8) is 0 Å². The van der Waals surface area contributed by atoms with Gasteiger partial charge >= 0.3 is 0 Å². The van der Waals surface area contributed by atoms with Gasteiger partial charge in [0.2, 0.25) is 0 Å². The highest BCUT2D eigenvalue weighted by atomic mass is 16.5. The molecule has 0 aliphatic heterocycles. The van der Waals surface area contributed by atoms with Crippen LogP contribution in [0.3, 0.4) is 0 Å². The van der Waals surface area contributed by atoms with Gasteiger partial charge in [0.25, 0.3) is 0 Å². The summed E-state index contributed by atoms with van der Waals surface area (Å²) in [6.45, 7) is 2.91. The van der Waals surface area contributed by atoms with Gasteiger partial charge in [-0.3, -0.25) is 0 Å². The minimum atomic E-state index is 0.437. The van der Waals surface area contributed by atoms with E-state index in [1.807, 2.05) is 18.2 Å². The Morgan fingerprint density at radius 1 is 1.26 bits per heavy atom. The van der Waals surface area contributed by atoms with Crippen LogP contribution in [-0.4, -0.2) is 18.3 Å². The molecule has 0 amide bonds. The van der Waals surface area contributed by atoms with Crippen LogP contribution in [0.4, 0.5) is 0 Å². The number of methoxy groups -OCH3 is 1. The minimum Gasteiger partial charge on any atom is -0.497 e. The lowest BCUT2D eigenvalue weighted by Gasteiger charge is -2.12. The number of aryl methyl sites for hydroxylation is 1. The fourth-order valence-electron chi connectivity index (χ4n) is 1.89. The Kier molecular flexibility index (Phi) is 4.98. The fraction of sp³-hybridized carbons (Fsp3) is 0.400. The largest absolute Gasteiger partial charge is 0.497 e. The molecule has 0 saturated heterocycles. The van der Waals surface area contributed by atoms with Crippen molar-refractivity contribution < 1.29 is 9.26 Å². The standard InChI is InChI=1S/C15H20N2O2/c1-12(16-11-15-9-10-17-19-15)3-4-13-5-7-14(18-2)8-6-13/h5-10,12,16H,3-4,11H2,1-2H3. The highest BCUT2D eigenvalue weighted by Crippen LogP contribution is 2.13. The Morgan fingerprint density at radius 2 is 2.05 bits per heavy atom. The molecule has 1 aromatic carbocycles. The van der Waals surface area contributed by atoms with Gasteiger partial charge in [-0.2, -0.15) is 0 Å². The van der Waals surface area contributed by atoms with E-state index in [0.717, 1.165) is 30.9 Å². The summed E-state index contributed by atoms with van der Waals surface area (Å²) in [5, 5.41) is 7.10. The molecular weight excluding hydrogens is 240 g/mol. The average molecular weight is 260 g/mol. The summed E-state index contributed by atoms with van der Waals surface area (Å²) in [5.74, 6) is 1.77. The van der Waals surface area contributed by atoms with Gasteiger partial charge in [0, 0.05) is 12.1 Å². The van der Waals surface area contributed by atoms with Gasteiger partial charge in [0.1, 0.15) is 11.5 Å². The molecule has 1 atom stereocenters. The first-order valence-electron chi connectivity index (χ1n) is 6.54. The maximum atomic E-state index is 5.15. The van der Waals surface area contributed by atoms with E-state index < -0.39 is 0 Å². The molecule has 0 bridgehead atoms. The van der Waals surface area contributed by atoms with E-state index in [1.54, 1.807) is 13.3 Å². The van der Waals surface area contributed by atoms with Crippen molar-refractivity contribution in [1.82, 2.24) is 10.5 Å². The van der Waals surface area contributed by atoms with Crippen LogP contribution in [0, 0.1) is 0 Å². The number of ether oxygens (including phenoxy) is 1. The second-order valence-corrected chi connectivity index (χ2v) is 4.65. The van der Waals surface area contributed by atoms with E-state index in [4.69, 9.17) is 9.26 Å². The quantitative estimate of drug-likeness (QED) is 0.831. The first-order valence-corrected chi connectivity index (χ1v) is 6.54. The normalized spacial score (nSPS) is 12.3. The maximum absolute atomic E-state index is 5.15. The van der Waals surface area contributed by atoms with E-state index >= 15 is 0 Å². The Hall–Kier alpha value is -1.81. The van der Waals surface area contributed by atoms with Gasteiger partial charge in [-0.05, 0) is 37.5 Å². The molecule has 0 fully saturated rings. The number of benzene rings is 1. The maximum Gasteiger partial charge on any atom is 0.150 e. The second-order valence-electron chi connectivity index (χ2n) is 4.65. The number of aromatic nitrogens is 1. The summed E-state index contributed by atoms with van der Waals surface area (Å²) in [4.78, 5) is 0. The number of hydrogen-bond donors (Lipinski definition) is 1. The monoisotopic (exact) mass is 260 g/mol. The summed E-state index contributed by atoms with van der Waals surface area (Å²) in [7, 11) is 1.69. The molecular formula is C15H20N2O2. The van der Waals surface area contributed by atoms with Crippen LogP contribution < -0.4 is 10.1 Å². The van der Waals surface area contributed by atoms with Crippen molar-refractivity contribution in [2.24, 2.45) is 0 Å². The molecule has 4 heteroatoms. The van der Waals surface area contributed by atoms with Crippen LogP contribution in [0.1, 0.15) is 24.7 Å². The van der Waals surface area contributed by atoms with Crippen LogP contribution in [0.15, 0.2) is 41.1 Å². The molecule has 19 heavy (non-hydrogen) atoms. The summed E-state index contributed by atoms with van der Waals surface area (Å²) in [6.07, 6.45) is 3.80. The summed E-state index contributed by atoms with van der Waals surface area (Å²) in [6, 6.07) is 10.5. The summed E-state index contributed by atoms with van der Waals surface area (Å²) in [5.41, 5.74) is 1.33. The van der Waals surface area contributed by atoms with Gasteiger partial charge < -0.3 is 14.6 Å². The third kappa shape index (κ3) is 4.41. The highest BCUT2D eigenvalue weighted by Gasteiger charge is 2.04. The van der Waals surface area contributed by atoms with Gasteiger partial charge in [-0.15, -0.1) is 0 Å². The van der Waals surface area contributed by atoms with Gasteiger partial charge in [-0.1, -0.05) is 17.3 Å². The van der Waals surface area contributed by atoms with Gasteiger partial charge in [-0.25, -0.2) is 0 Å². The van der Waals surface area contributed by atoms with Crippen LogP contribution in [0.5, 0.6) is 5.75 Å². The van der Waals surface area contributed by atoms with Crippen LogP contribution >= 0.6 is 0 Å². The number of nitrogens with one attached hydrogen (secondary N) is 1. The molecule has 0 aliphatic rings. The molecule has 0 radical (unpaired) electrons. The van der Waals surface area contributed by atoms with Crippen molar-refractivity contribution >= 4 is 0 Å². The van der Waals surface area contributed by atoms with Crippen LogP contribution in [0.2, 0.25) is 0 Å². The molecule has 1 heterocycles. The zero-order valence-electron chi connectivity index (χ0n) is 11.4. The number of rotatable bonds is 7. The molecule has 4 nitrogen and oxygen atoms in total. The van der Waals surface area contributed by atoms with E-state index in [-0.39, 0.29) is 0 Å². The highest BCUT2D eigenvalue weighted by molar-refractivity contribution is 5.27. The van der Waals surface area contributed by atoms with Crippen molar-refractivity contribution in [2.45, 2.75) is 32.4 Å². The van der Waals surface area contributed by atoms with E-state index in [2.05, 4.69) is 29.5 Å². The van der Waals surface area contributed by atoms with Crippen molar-refractivity contribution in [3.8, 4) is 5.75 Å². The SMILES string of the molecule is COc1ccc(CCC(C)NCc2ccno2)cc1. The topological polar surface area (TPSA) is 47.3 Å². The van der Waals surface area contributed by atoms with E-state index in [1.165, 1.54) is 5.56 Å². The van der Waals surface area contributed by atoms with Crippen molar-refractivity contribution in [1.29, 1.82) is 0 Å². The Labute approximate surface area is 113 Å². The Balaban J connectivity index is 1.71. The zero-order valence-corrected chi connectivity index (χ0v) is 11.4. The molecule has 2 aromatic rings. The lowest BCUT2D eigenvalue weighted by Crippen LogP contribution is -2.25. The Morgan fingerprint density at radius 3 is 2.68 bits per heavy atom. The summed E-state index contributed by atoms with van der Waals surface area (Å²) >= 11 is 0. The summed E-state index contributed by atoms with van der Waals surface area (Å²) < 4.78 is 10.2. The van der Waals surface area contributed by atoms with Gasteiger partial charge in [0.15, 0.2) is 0 Å². The molecule has 102 valence electrons. The average Bonchev–Trinajstić information content (AvgIpc) is 2.96. The first-order chi connectivity index (χ1) is 9.28. The minimum absolute atomic E-state index is 0.437. The molecule has 0 aliphatic carbocycles. The van der Waals surface area contributed by atoms with Crippen molar-refractivity contribution in [3.05, 3.63) is 47.9 Å². The molecule has 1 aromatic heterocycles. The number of nitrogens with zero attached hydrogens (tertiary/aromatic N) is 1. The first kappa shape index (κ1) is 13.6. The third-order valence-electron chi connectivity index (χ3n) is 3.14. The smallest absolute Gasteiger partial charge is 0.150 e. The second kappa shape index (κ2) is 6.95. The van der Waals surface area contributed by atoms with E-state index in [9.17, 15) is 0 Å². The molecule has 0 saturated carbocycles. The molecule has 1 unspecified atom stereocenters. The van der Waals surface area contributed by atoms with Crippen molar-refractivity contribution in [2.75, 3.05) is 7.11 Å². The van der Waals surface area contributed by atoms with Gasteiger partial charge in [0.05, 0.1) is 19.9 Å². The van der Waals surface area contributed by atoms with E-state index in [0.29, 0.717) is 6.04 Å². The van der Waals surface area contributed by atoms with Crippen LogP contribution in [0.25, 0.3) is 0 Å². The fourth-order valence-corrected chi connectivity index (χ4v) is 1.89. The zero-order chi connectivity index (χ0) is 13.5. The third-order valence-corrected chi connectivity index (χ3v) is 3.14.